The SMILES string of the molecule is O=C(Nc1nc(C(=O)O)c(CCc2ccccc2)s1)OCc1ccccc1. The minimum atomic E-state index is -1.11. The van der Waals surface area contributed by atoms with Gasteiger partial charge in [-0.25, -0.2) is 14.6 Å². The number of hydrogen-bond acceptors (Lipinski definition) is 5. The molecule has 2 N–H and O–H groups in total. The zero-order chi connectivity index (χ0) is 19.1. The Labute approximate surface area is 160 Å². The van der Waals surface area contributed by atoms with Crippen LogP contribution in [0.15, 0.2) is 60.7 Å². The van der Waals surface area contributed by atoms with Gasteiger partial charge in [0.25, 0.3) is 0 Å². The van der Waals surface area contributed by atoms with Crippen LogP contribution in [0.2, 0.25) is 0 Å². The van der Waals surface area contributed by atoms with Gasteiger partial charge in [0.1, 0.15) is 6.61 Å². The number of rotatable bonds is 7. The molecule has 3 rings (SSSR count). The van der Waals surface area contributed by atoms with Gasteiger partial charge in [0, 0.05) is 4.88 Å². The summed E-state index contributed by atoms with van der Waals surface area (Å²) in [5, 5.41) is 12.1. The van der Waals surface area contributed by atoms with E-state index in [1.54, 1.807) is 0 Å². The number of aromatic nitrogens is 1. The van der Waals surface area contributed by atoms with E-state index >= 15 is 0 Å². The lowest BCUT2D eigenvalue weighted by molar-refractivity contribution is 0.0690. The van der Waals surface area contributed by atoms with Crippen molar-refractivity contribution >= 4 is 28.5 Å². The van der Waals surface area contributed by atoms with Crippen molar-refractivity contribution in [2.75, 3.05) is 5.32 Å². The standard InChI is InChI=1S/C20H18N2O4S/c23-18(24)17-16(12-11-14-7-3-1-4-8-14)27-19(21-17)22-20(25)26-13-15-9-5-2-6-10-15/h1-10H,11-13H2,(H,23,24)(H,21,22,25). The zero-order valence-corrected chi connectivity index (χ0v) is 15.2. The maximum Gasteiger partial charge on any atom is 0.413 e. The van der Waals surface area contributed by atoms with Gasteiger partial charge in [-0.2, -0.15) is 0 Å². The first kappa shape index (κ1) is 18.6. The Kier molecular flexibility index (Phi) is 6.17. The van der Waals surface area contributed by atoms with Crippen molar-refractivity contribution in [3.63, 3.8) is 0 Å². The molecule has 0 aliphatic carbocycles. The second-order valence-corrected chi connectivity index (χ2v) is 6.85. The molecule has 0 radical (unpaired) electrons. The number of aromatic carboxylic acids is 1. The van der Waals surface area contributed by atoms with Crippen molar-refractivity contribution in [2.24, 2.45) is 0 Å². The van der Waals surface area contributed by atoms with E-state index < -0.39 is 12.1 Å². The molecule has 138 valence electrons. The predicted octanol–water partition coefficient (Wildman–Crippen LogP) is 4.38. The molecular formula is C20H18N2O4S. The number of benzene rings is 2. The summed E-state index contributed by atoms with van der Waals surface area (Å²) < 4.78 is 5.14. The van der Waals surface area contributed by atoms with Gasteiger partial charge in [-0.1, -0.05) is 60.7 Å². The highest BCUT2D eigenvalue weighted by Crippen LogP contribution is 2.25. The number of carboxylic acids is 1. The Balaban J connectivity index is 1.61. The lowest BCUT2D eigenvalue weighted by atomic mass is 10.1. The molecule has 0 bridgehead atoms. The second-order valence-electron chi connectivity index (χ2n) is 5.77. The first-order valence-corrected chi connectivity index (χ1v) is 9.18. The van der Waals surface area contributed by atoms with E-state index in [0.717, 1.165) is 22.5 Å². The third-order valence-electron chi connectivity index (χ3n) is 3.81. The monoisotopic (exact) mass is 382 g/mol. The van der Waals surface area contributed by atoms with E-state index in [2.05, 4.69) is 10.3 Å². The van der Waals surface area contributed by atoms with E-state index in [-0.39, 0.29) is 17.4 Å². The summed E-state index contributed by atoms with van der Waals surface area (Å²) in [7, 11) is 0. The minimum Gasteiger partial charge on any atom is -0.476 e. The van der Waals surface area contributed by atoms with Crippen LogP contribution in [0.3, 0.4) is 0 Å². The topological polar surface area (TPSA) is 88.5 Å². The largest absolute Gasteiger partial charge is 0.476 e. The van der Waals surface area contributed by atoms with Gasteiger partial charge in [-0.15, -0.1) is 11.3 Å². The lowest BCUT2D eigenvalue weighted by Gasteiger charge is -2.04. The van der Waals surface area contributed by atoms with Crippen molar-refractivity contribution in [2.45, 2.75) is 19.4 Å². The van der Waals surface area contributed by atoms with Gasteiger partial charge in [-0.3, -0.25) is 5.32 Å². The Hall–Kier alpha value is -3.19. The molecule has 0 spiro atoms. The Morgan fingerprint density at radius 2 is 1.59 bits per heavy atom. The van der Waals surface area contributed by atoms with Gasteiger partial charge in [-0.05, 0) is 24.0 Å². The summed E-state index contributed by atoms with van der Waals surface area (Å²) in [6, 6.07) is 19.1. The van der Waals surface area contributed by atoms with Crippen molar-refractivity contribution in [3.8, 4) is 0 Å². The Morgan fingerprint density at radius 1 is 0.963 bits per heavy atom. The molecular weight excluding hydrogens is 364 g/mol. The average Bonchev–Trinajstić information content (AvgIpc) is 3.09. The van der Waals surface area contributed by atoms with Crippen LogP contribution >= 0.6 is 11.3 Å². The number of nitrogens with one attached hydrogen (secondary N) is 1. The van der Waals surface area contributed by atoms with E-state index in [1.165, 1.54) is 0 Å². The Morgan fingerprint density at radius 3 is 2.22 bits per heavy atom. The lowest BCUT2D eigenvalue weighted by Crippen LogP contribution is -2.13. The van der Waals surface area contributed by atoms with Crippen molar-refractivity contribution in [1.29, 1.82) is 0 Å². The highest BCUT2D eigenvalue weighted by molar-refractivity contribution is 7.16. The number of nitrogens with zero attached hydrogens (tertiary/aromatic N) is 1. The third kappa shape index (κ3) is 5.39. The first-order chi connectivity index (χ1) is 13.1. The van der Waals surface area contributed by atoms with Crippen LogP contribution in [0.25, 0.3) is 0 Å². The average molecular weight is 382 g/mol. The quantitative estimate of drug-likeness (QED) is 0.633. The van der Waals surface area contributed by atoms with E-state index in [9.17, 15) is 14.7 Å². The fourth-order valence-electron chi connectivity index (χ4n) is 2.49. The number of carbonyl (C=O) groups excluding carboxylic acids is 1. The summed E-state index contributed by atoms with van der Waals surface area (Å²) in [4.78, 5) is 28.0. The fraction of sp³-hybridized carbons (Fsp3) is 0.150. The molecule has 3 aromatic rings. The van der Waals surface area contributed by atoms with Crippen LogP contribution < -0.4 is 5.32 Å². The van der Waals surface area contributed by atoms with Gasteiger partial charge in [0.05, 0.1) is 0 Å². The van der Waals surface area contributed by atoms with Crippen LogP contribution in [0.4, 0.5) is 9.93 Å². The van der Waals surface area contributed by atoms with E-state index in [1.807, 2.05) is 60.7 Å². The molecule has 1 aromatic heterocycles. The molecule has 0 aliphatic rings. The van der Waals surface area contributed by atoms with Gasteiger partial charge in [0.2, 0.25) is 0 Å². The second kappa shape index (κ2) is 8.95. The van der Waals surface area contributed by atoms with E-state index in [0.29, 0.717) is 17.7 Å². The molecule has 7 heteroatoms. The van der Waals surface area contributed by atoms with Gasteiger partial charge >= 0.3 is 12.1 Å². The summed E-state index contributed by atoms with van der Waals surface area (Å²) in [5.74, 6) is -1.11. The van der Waals surface area contributed by atoms with E-state index in [4.69, 9.17) is 4.74 Å². The Bertz CT molecular complexity index is 910. The molecule has 0 atom stereocenters. The van der Waals surface area contributed by atoms with Crippen molar-refractivity contribution in [1.82, 2.24) is 4.98 Å². The molecule has 0 saturated carbocycles. The highest BCUT2D eigenvalue weighted by atomic mass is 32.1. The summed E-state index contributed by atoms with van der Waals surface area (Å²) in [6.45, 7) is 0.130. The molecule has 0 aliphatic heterocycles. The minimum absolute atomic E-state index is 0.0331. The van der Waals surface area contributed by atoms with Crippen LogP contribution in [0, 0.1) is 0 Å². The third-order valence-corrected chi connectivity index (χ3v) is 4.84. The molecule has 1 amide bonds. The van der Waals surface area contributed by atoms with Gasteiger partial charge in [0.15, 0.2) is 10.8 Å². The van der Waals surface area contributed by atoms with Crippen LogP contribution in [0.5, 0.6) is 0 Å². The molecule has 0 saturated heterocycles. The van der Waals surface area contributed by atoms with Gasteiger partial charge < -0.3 is 9.84 Å². The molecule has 0 fully saturated rings. The van der Waals surface area contributed by atoms with Crippen molar-refractivity contribution in [3.05, 3.63) is 82.4 Å². The summed E-state index contributed by atoms with van der Waals surface area (Å²) in [5.41, 5.74) is 1.94. The molecule has 1 heterocycles. The number of thiazole rings is 1. The number of ether oxygens (including phenoxy) is 1. The summed E-state index contributed by atoms with van der Waals surface area (Å²) in [6.07, 6.45) is 0.560. The van der Waals surface area contributed by atoms with Crippen molar-refractivity contribution < 1.29 is 19.4 Å². The maximum atomic E-state index is 11.9. The van der Waals surface area contributed by atoms with Crippen LogP contribution in [-0.4, -0.2) is 22.2 Å². The fourth-order valence-corrected chi connectivity index (χ4v) is 3.43. The number of carbonyl (C=O) groups is 2. The van der Waals surface area contributed by atoms with Crippen LogP contribution in [-0.2, 0) is 24.2 Å². The molecule has 0 unspecified atom stereocenters. The number of amides is 1. The number of aryl methyl sites for hydroxylation is 2. The smallest absolute Gasteiger partial charge is 0.413 e. The predicted molar refractivity (Wildman–Crippen MR) is 103 cm³/mol. The van der Waals surface area contributed by atoms with Crippen LogP contribution in [0.1, 0.15) is 26.5 Å². The number of carboxylic acid groups (broad SMARTS) is 1. The summed E-state index contributed by atoms with van der Waals surface area (Å²) >= 11 is 1.15. The number of hydrogen-bond donors (Lipinski definition) is 2. The normalized spacial score (nSPS) is 10.4. The molecule has 6 nitrogen and oxygen atoms in total. The first-order valence-electron chi connectivity index (χ1n) is 8.36. The highest BCUT2D eigenvalue weighted by Gasteiger charge is 2.19. The zero-order valence-electron chi connectivity index (χ0n) is 14.4. The number of anilines is 1. The molecule has 27 heavy (non-hydrogen) atoms. The molecule has 2 aromatic carbocycles. The maximum absolute atomic E-state index is 11.9.